The fourth-order valence-corrected chi connectivity index (χ4v) is 2.50. The Morgan fingerprint density at radius 1 is 1.56 bits per heavy atom. The number of amides is 1. The van der Waals surface area contributed by atoms with Gasteiger partial charge in [0.25, 0.3) is 5.91 Å². The van der Waals surface area contributed by atoms with Gasteiger partial charge in [-0.3, -0.25) is 9.59 Å². The summed E-state index contributed by atoms with van der Waals surface area (Å²) in [5, 5.41) is 0. The van der Waals surface area contributed by atoms with Crippen LogP contribution in [0.2, 0.25) is 0 Å². The number of hydrogen-bond acceptors (Lipinski definition) is 3. The Bertz CT molecular complexity index is 481. The molecule has 5 heteroatoms. The van der Waals surface area contributed by atoms with Gasteiger partial charge in [0.05, 0.1) is 0 Å². The van der Waals surface area contributed by atoms with Crippen LogP contribution < -0.4 is 11.3 Å². The first kappa shape index (κ1) is 12.8. The lowest BCUT2D eigenvalue weighted by Gasteiger charge is -2.38. The number of nitrogens with zero attached hydrogens (tertiary/aromatic N) is 1. The van der Waals surface area contributed by atoms with Crippen molar-refractivity contribution in [3.8, 4) is 0 Å². The summed E-state index contributed by atoms with van der Waals surface area (Å²) in [4.78, 5) is 27.9. The van der Waals surface area contributed by atoms with Crippen molar-refractivity contribution in [1.82, 2.24) is 9.88 Å². The highest BCUT2D eigenvalue weighted by atomic mass is 16.2. The highest BCUT2D eigenvalue weighted by molar-refractivity contribution is 5.94. The molecule has 0 spiro atoms. The van der Waals surface area contributed by atoms with Crippen molar-refractivity contribution in [3.63, 3.8) is 0 Å². The van der Waals surface area contributed by atoms with Crippen molar-refractivity contribution in [2.24, 2.45) is 5.73 Å². The highest BCUT2D eigenvalue weighted by Gasteiger charge is 2.29. The van der Waals surface area contributed by atoms with Crippen LogP contribution in [-0.2, 0) is 0 Å². The molecule has 2 heterocycles. The smallest absolute Gasteiger partial charge is 0.254 e. The molecule has 1 aliphatic rings. The molecule has 2 rings (SSSR count). The molecular weight excluding hydrogens is 230 g/mol. The minimum atomic E-state index is -0.254. The summed E-state index contributed by atoms with van der Waals surface area (Å²) in [5.74, 6) is -0.0944. The zero-order chi connectivity index (χ0) is 13.1. The topological polar surface area (TPSA) is 79.2 Å². The van der Waals surface area contributed by atoms with Crippen molar-refractivity contribution in [2.75, 3.05) is 6.54 Å². The number of likely N-dealkylation sites (tertiary alicyclic amines) is 1. The third kappa shape index (κ3) is 2.61. The fourth-order valence-electron chi connectivity index (χ4n) is 2.50. The average Bonchev–Trinajstić information content (AvgIpc) is 2.38. The Kier molecular flexibility index (Phi) is 3.81. The van der Waals surface area contributed by atoms with Gasteiger partial charge in [-0.25, -0.2) is 0 Å². The molecule has 0 aromatic carbocycles. The maximum Gasteiger partial charge on any atom is 0.254 e. The van der Waals surface area contributed by atoms with Gasteiger partial charge in [-0.05, 0) is 32.3 Å². The van der Waals surface area contributed by atoms with Crippen molar-refractivity contribution in [3.05, 3.63) is 34.2 Å². The second-order valence-corrected chi connectivity index (χ2v) is 4.86. The van der Waals surface area contributed by atoms with E-state index in [0.717, 1.165) is 25.8 Å². The predicted octanol–water partition coefficient (Wildman–Crippen LogP) is 0.717. The number of nitrogens with one attached hydrogen (secondary N) is 1. The quantitative estimate of drug-likeness (QED) is 0.810. The molecule has 3 N–H and O–H groups in total. The number of H-pyrrole nitrogens is 1. The normalized spacial score (nSPS) is 21.7. The molecule has 18 heavy (non-hydrogen) atoms. The van der Waals surface area contributed by atoms with Gasteiger partial charge in [0, 0.05) is 36.5 Å². The van der Waals surface area contributed by atoms with Gasteiger partial charge in [-0.2, -0.15) is 0 Å². The van der Waals surface area contributed by atoms with Crippen molar-refractivity contribution < 1.29 is 4.79 Å². The summed E-state index contributed by atoms with van der Waals surface area (Å²) in [6.45, 7) is 2.64. The number of hydrogen-bond donors (Lipinski definition) is 2. The first-order valence-corrected chi connectivity index (χ1v) is 6.35. The molecule has 0 unspecified atom stereocenters. The fraction of sp³-hybridized carbons (Fsp3) is 0.538. The Morgan fingerprint density at radius 3 is 3.00 bits per heavy atom. The van der Waals surface area contributed by atoms with E-state index in [1.165, 1.54) is 12.3 Å². The monoisotopic (exact) mass is 249 g/mol. The van der Waals surface area contributed by atoms with E-state index in [1.807, 2.05) is 11.8 Å². The van der Waals surface area contributed by atoms with E-state index < -0.39 is 0 Å². The van der Waals surface area contributed by atoms with Crippen LogP contribution in [0.5, 0.6) is 0 Å². The van der Waals surface area contributed by atoms with Gasteiger partial charge in [0.2, 0.25) is 5.56 Å². The van der Waals surface area contributed by atoms with Gasteiger partial charge in [-0.15, -0.1) is 0 Å². The highest BCUT2D eigenvalue weighted by Crippen LogP contribution is 2.20. The molecule has 1 amide bonds. The Balaban J connectivity index is 2.23. The lowest BCUT2D eigenvalue weighted by molar-refractivity contribution is 0.0583. The van der Waals surface area contributed by atoms with Crippen LogP contribution in [0.4, 0.5) is 0 Å². The number of rotatable bonds is 2. The van der Waals surface area contributed by atoms with Crippen molar-refractivity contribution in [2.45, 2.75) is 38.3 Å². The number of piperidine rings is 1. The van der Waals surface area contributed by atoms with Crippen LogP contribution in [0.25, 0.3) is 0 Å². The van der Waals surface area contributed by atoms with Gasteiger partial charge in [0.1, 0.15) is 0 Å². The molecule has 98 valence electrons. The third-order valence-corrected chi connectivity index (χ3v) is 3.44. The second-order valence-electron chi connectivity index (χ2n) is 4.86. The molecular formula is C13H19N3O2. The molecule has 0 aliphatic carbocycles. The number of aromatic nitrogens is 1. The van der Waals surface area contributed by atoms with E-state index in [2.05, 4.69) is 4.98 Å². The minimum absolute atomic E-state index is 0.0451. The molecule has 1 aliphatic heterocycles. The van der Waals surface area contributed by atoms with Gasteiger partial charge < -0.3 is 15.6 Å². The molecule has 0 radical (unpaired) electrons. The zero-order valence-electron chi connectivity index (χ0n) is 10.6. The molecule has 2 atom stereocenters. The molecule has 1 fully saturated rings. The van der Waals surface area contributed by atoms with Crippen LogP contribution in [0.3, 0.4) is 0 Å². The lowest BCUT2D eigenvalue weighted by atomic mass is 9.96. The van der Waals surface area contributed by atoms with Crippen LogP contribution in [0.1, 0.15) is 36.5 Å². The lowest BCUT2D eigenvalue weighted by Crippen LogP contribution is -2.51. The summed E-state index contributed by atoms with van der Waals surface area (Å²) in [6.07, 6.45) is 4.54. The largest absolute Gasteiger partial charge is 0.334 e. The number of carbonyl (C=O) groups is 1. The SMILES string of the molecule is C[C@@H](N)[C@H]1CCCCN1C(=O)c1cc[nH]c(=O)c1. The molecule has 5 nitrogen and oxygen atoms in total. The number of nitrogens with two attached hydrogens (primary N) is 1. The Labute approximate surface area is 106 Å². The second kappa shape index (κ2) is 5.35. The number of pyridine rings is 1. The molecule has 1 aromatic rings. The molecule has 0 saturated carbocycles. The minimum Gasteiger partial charge on any atom is -0.334 e. The summed E-state index contributed by atoms with van der Waals surface area (Å²) in [6, 6.07) is 3.01. The summed E-state index contributed by atoms with van der Waals surface area (Å²) in [7, 11) is 0. The van der Waals surface area contributed by atoms with Gasteiger partial charge >= 0.3 is 0 Å². The molecule has 1 saturated heterocycles. The number of aromatic amines is 1. The van der Waals surface area contributed by atoms with E-state index in [1.54, 1.807) is 6.07 Å². The maximum atomic E-state index is 12.4. The number of carbonyl (C=O) groups excluding carboxylic acids is 1. The standard InChI is InChI=1S/C13H19N3O2/c1-9(14)11-4-2-3-7-16(11)13(18)10-5-6-15-12(17)8-10/h5-6,8-9,11H,2-4,7,14H2,1H3,(H,15,17)/t9-,11-/m1/s1. The zero-order valence-corrected chi connectivity index (χ0v) is 10.6. The third-order valence-electron chi connectivity index (χ3n) is 3.44. The van der Waals surface area contributed by atoms with Crippen molar-refractivity contribution >= 4 is 5.91 Å². The van der Waals surface area contributed by atoms with Crippen LogP contribution in [0.15, 0.2) is 23.1 Å². The predicted molar refractivity (Wildman–Crippen MR) is 69.4 cm³/mol. The van der Waals surface area contributed by atoms with E-state index in [9.17, 15) is 9.59 Å². The molecule has 0 bridgehead atoms. The van der Waals surface area contributed by atoms with Gasteiger partial charge in [-0.1, -0.05) is 0 Å². The van der Waals surface area contributed by atoms with Crippen LogP contribution >= 0.6 is 0 Å². The maximum absolute atomic E-state index is 12.4. The average molecular weight is 249 g/mol. The molecule has 1 aromatic heterocycles. The van der Waals surface area contributed by atoms with Crippen molar-refractivity contribution in [1.29, 1.82) is 0 Å². The van der Waals surface area contributed by atoms with E-state index in [-0.39, 0.29) is 23.6 Å². The van der Waals surface area contributed by atoms with Crippen LogP contribution in [0, 0.1) is 0 Å². The summed E-state index contributed by atoms with van der Waals surface area (Å²) < 4.78 is 0. The van der Waals surface area contributed by atoms with Crippen LogP contribution in [-0.4, -0.2) is 34.4 Å². The van der Waals surface area contributed by atoms with Gasteiger partial charge in [0.15, 0.2) is 0 Å². The summed E-state index contributed by atoms with van der Waals surface area (Å²) in [5.41, 5.74) is 6.12. The Morgan fingerprint density at radius 2 is 2.33 bits per heavy atom. The first-order valence-electron chi connectivity index (χ1n) is 6.35. The summed E-state index contributed by atoms with van der Waals surface area (Å²) >= 11 is 0. The van der Waals surface area contributed by atoms with E-state index >= 15 is 0 Å². The van der Waals surface area contributed by atoms with E-state index in [4.69, 9.17) is 5.73 Å². The first-order chi connectivity index (χ1) is 8.59. The Hall–Kier alpha value is -1.62. The van der Waals surface area contributed by atoms with E-state index in [0.29, 0.717) is 5.56 Å².